The van der Waals surface area contributed by atoms with Gasteiger partial charge >= 0.3 is 5.97 Å². The Hall–Kier alpha value is -2.07. The van der Waals surface area contributed by atoms with Crippen molar-refractivity contribution in [2.45, 2.75) is 19.8 Å². The SMILES string of the molecule is CCOC(=O)/C(C#N)=C/NNC(=O)CCCO. The summed E-state index contributed by atoms with van der Waals surface area (Å²) in [5, 5.41) is 17.1. The highest BCUT2D eigenvalue weighted by Crippen LogP contribution is 1.94. The molecule has 0 aromatic heterocycles. The minimum Gasteiger partial charge on any atom is -0.462 e. The second kappa shape index (κ2) is 9.18. The molecule has 0 aliphatic heterocycles. The van der Waals surface area contributed by atoms with Crippen LogP contribution in [0.4, 0.5) is 0 Å². The second-order valence-electron chi connectivity index (χ2n) is 2.91. The van der Waals surface area contributed by atoms with Gasteiger partial charge in [-0.15, -0.1) is 0 Å². The molecule has 0 spiro atoms. The molecule has 0 saturated carbocycles. The molecule has 0 atom stereocenters. The van der Waals surface area contributed by atoms with E-state index in [4.69, 9.17) is 10.4 Å². The third-order valence-corrected chi connectivity index (χ3v) is 1.61. The van der Waals surface area contributed by atoms with Gasteiger partial charge in [0.15, 0.2) is 5.57 Å². The number of aliphatic hydroxyl groups excluding tert-OH is 1. The number of hydrogen-bond donors (Lipinski definition) is 3. The van der Waals surface area contributed by atoms with Gasteiger partial charge in [-0.2, -0.15) is 5.26 Å². The van der Waals surface area contributed by atoms with Crippen molar-refractivity contribution >= 4 is 11.9 Å². The van der Waals surface area contributed by atoms with Crippen LogP contribution in [0, 0.1) is 11.3 Å². The number of rotatable bonds is 7. The molecule has 0 aromatic rings. The van der Waals surface area contributed by atoms with E-state index < -0.39 is 5.97 Å². The highest BCUT2D eigenvalue weighted by atomic mass is 16.5. The van der Waals surface area contributed by atoms with E-state index in [-0.39, 0.29) is 31.1 Å². The molecular weight excluding hydrogens is 226 g/mol. The Balaban J connectivity index is 4.08. The van der Waals surface area contributed by atoms with Gasteiger partial charge in [0.25, 0.3) is 0 Å². The summed E-state index contributed by atoms with van der Waals surface area (Å²) >= 11 is 0. The molecule has 0 heterocycles. The molecule has 1 amide bonds. The standard InChI is InChI=1S/C10H15N3O4/c1-2-17-10(16)8(6-11)7-12-13-9(15)4-3-5-14/h7,12,14H,2-5H2,1H3,(H,13,15)/b8-7+. The van der Waals surface area contributed by atoms with Gasteiger partial charge in [-0.05, 0) is 13.3 Å². The van der Waals surface area contributed by atoms with Crippen molar-refractivity contribution in [1.29, 1.82) is 5.26 Å². The molecule has 0 fully saturated rings. The summed E-state index contributed by atoms with van der Waals surface area (Å²) in [7, 11) is 0. The average molecular weight is 241 g/mol. The van der Waals surface area contributed by atoms with Gasteiger partial charge in [-0.25, -0.2) is 4.79 Å². The van der Waals surface area contributed by atoms with Gasteiger partial charge in [0.05, 0.1) is 6.61 Å². The first-order valence-electron chi connectivity index (χ1n) is 5.08. The van der Waals surface area contributed by atoms with Crippen molar-refractivity contribution in [2.75, 3.05) is 13.2 Å². The highest BCUT2D eigenvalue weighted by Gasteiger charge is 2.09. The van der Waals surface area contributed by atoms with Crippen LogP contribution in [0.1, 0.15) is 19.8 Å². The van der Waals surface area contributed by atoms with E-state index in [1.807, 2.05) is 0 Å². The molecule has 0 rings (SSSR count). The number of hydrogen-bond acceptors (Lipinski definition) is 6. The topological polar surface area (TPSA) is 111 Å². The molecule has 94 valence electrons. The van der Waals surface area contributed by atoms with Crippen molar-refractivity contribution in [1.82, 2.24) is 10.9 Å². The van der Waals surface area contributed by atoms with Gasteiger partial charge in [-0.1, -0.05) is 0 Å². The predicted octanol–water partition coefficient (Wildman–Crippen LogP) is -0.650. The zero-order valence-corrected chi connectivity index (χ0v) is 9.52. The average Bonchev–Trinajstić information content (AvgIpc) is 2.32. The van der Waals surface area contributed by atoms with Crippen molar-refractivity contribution in [3.63, 3.8) is 0 Å². The van der Waals surface area contributed by atoms with Crippen LogP contribution in [-0.4, -0.2) is 30.2 Å². The molecule has 7 heteroatoms. The molecule has 0 aliphatic rings. The van der Waals surface area contributed by atoms with Crippen molar-refractivity contribution < 1.29 is 19.4 Å². The first kappa shape index (κ1) is 14.9. The summed E-state index contributed by atoms with van der Waals surface area (Å²) in [6.45, 7) is 1.72. The largest absolute Gasteiger partial charge is 0.462 e. The zero-order valence-electron chi connectivity index (χ0n) is 9.52. The number of hydrazine groups is 1. The normalized spacial score (nSPS) is 10.3. The van der Waals surface area contributed by atoms with E-state index in [0.717, 1.165) is 6.20 Å². The Labute approximate surface area is 99.0 Å². The molecule has 0 unspecified atom stereocenters. The molecule has 0 saturated heterocycles. The van der Waals surface area contributed by atoms with Crippen LogP contribution in [0.2, 0.25) is 0 Å². The molecular formula is C10H15N3O4. The van der Waals surface area contributed by atoms with Crippen LogP contribution >= 0.6 is 0 Å². The lowest BCUT2D eigenvalue weighted by Gasteiger charge is -2.04. The molecule has 0 aromatic carbocycles. The number of amides is 1. The van der Waals surface area contributed by atoms with Gasteiger partial charge < -0.3 is 15.3 Å². The molecule has 0 aliphatic carbocycles. The Bertz CT molecular complexity index is 333. The maximum atomic E-state index is 11.1. The number of carbonyl (C=O) groups excluding carboxylic acids is 2. The van der Waals surface area contributed by atoms with Crippen LogP contribution in [0.15, 0.2) is 11.8 Å². The quantitative estimate of drug-likeness (QED) is 0.236. The minimum absolute atomic E-state index is 0.0739. The summed E-state index contributed by atoms with van der Waals surface area (Å²) in [5.41, 5.74) is 4.32. The monoisotopic (exact) mass is 241 g/mol. The van der Waals surface area contributed by atoms with E-state index in [1.165, 1.54) is 0 Å². The number of nitrogens with zero attached hydrogens (tertiary/aromatic N) is 1. The molecule has 0 radical (unpaired) electrons. The summed E-state index contributed by atoms with van der Waals surface area (Å²) in [4.78, 5) is 22.2. The predicted molar refractivity (Wildman–Crippen MR) is 57.9 cm³/mol. The number of nitriles is 1. The maximum Gasteiger partial charge on any atom is 0.350 e. The van der Waals surface area contributed by atoms with Gasteiger partial charge in [0.2, 0.25) is 5.91 Å². The minimum atomic E-state index is -0.757. The number of carbonyl (C=O) groups is 2. The van der Waals surface area contributed by atoms with E-state index in [9.17, 15) is 9.59 Å². The molecule has 17 heavy (non-hydrogen) atoms. The fourth-order valence-corrected chi connectivity index (χ4v) is 0.837. The maximum absolute atomic E-state index is 11.1. The highest BCUT2D eigenvalue weighted by molar-refractivity contribution is 5.92. The summed E-state index contributed by atoms with van der Waals surface area (Å²) in [6.07, 6.45) is 1.55. The number of nitrogens with one attached hydrogen (secondary N) is 2. The number of aliphatic hydroxyl groups is 1. The lowest BCUT2D eigenvalue weighted by Crippen LogP contribution is -2.34. The summed E-state index contributed by atoms with van der Waals surface area (Å²) in [6, 6.07) is 1.64. The Morgan fingerprint density at radius 2 is 2.24 bits per heavy atom. The van der Waals surface area contributed by atoms with Gasteiger partial charge in [0.1, 0.15) is 6.07 Å². The van der Waals surface area contributed by atoms with Crippen LogP contribution in [0.5, 0.6) is 0 Å². The van der Waals surface area contributed by atoms with Crippen LogP contribution in [0.3, 0.4) is 0 Å². The van der Waals surface area contributed by atoms with E-state index in [1.54, 1.807) is 13.0 Å². The first-order valence-corrected chi connectivity index (χ1v) is 5.08. The fraction of sp³-hybridized carbons (Fsp3) is 0.500. The lowest BCUT2D eigenvalue weighted by atomic mass is 10.3. The molecule has 7 nitrogen and oxygen atoms in total. The number of ether oxygens (including phenoxy) is 1. The smallest absolute Gasteiger partial charge is 0.350 e. The summed E-state index contributed by atoms with van der Waals surface area (Å²) < 4.78 is 4.60. The van der Waals surface area contributed by atoms with Crippen molar-refractivity contribution in [3.8, 4) is 6.07 Å². The third-order valence-electron chi connectivity index (χ3n) is 1.61. The van der Waals surface area contributed by atoms with Gasteiger partial charge in [0, 0.05) is 19.2 Å². The molecule has 0 bridgehead atoms. The Morgan fingerprint density at radius 1 is 1.53 bits per heavy atom. The Morgan fingerprint density at radius 3 is 2.76 bits per heavy atom. The van der Waals surface area contributed by atoms with Crippen molar-refractivity contribution in [2.24, 2.45) is 0 Å². The first-order chi connectivity index (χ1) is 8.15. The van der Waals surface area contributed by atoms with Crippen LogP contribution in [0.25, 0.3) is 0 Å². The van der Waals surface area contributed by atoms with E-state index >= 15 is 0 Å². The van der Waals surface area contributed by atoms with E-state index in [0.29, 0.717) is 6.42 Å². The van der Waals surface area contributed by atoms with Crippen LogP contribution in [-0.2, 0) is 14.3 Å². The molecule has 3 N–H and O–H groups in total. The third kappa shape index (κ3) is 6.92. The van der Waals surface area contributed by atoms with Crippen LogP contribution < -0.4 is 10.9 Å². The zero-order chi connectivity index (χ0) is 13.1. The van der Waals surface area contributed by atoms with Gasteiger partial charge in [-0.3, -0.25) is 10.2 Å². The Kier molecular flexibility index (Phi) is 8.06. The summed E-state index contributed by atoms with van der Waals surface area (Å²) in [5.74, 6) is -1.11. The van der Waals surface area contributed by atoms with E-state index in [2.05, 4.69) is 15.6 Å². The number of esters is 1. The lowest BCUT2D eigenvalue weighted by molar-refractivity contribution is -0.138. The second-order valence-corrected chi connectivity index (χ2v) is 2.91. The van der Waals surface area contributed by atoms with Crippen molar-refractivity contribution in [3.05, 3.63) is 11.8 Å². The fourth-order valence-electron chi connectivity index (χ4n) is 0.837.